The van der Waals surface area contributed by atoms with Crippen molar-refractivity contribution in [3.8, 4) is 0 Å². The molecule has 29 heavy (non-hydrogen) atoms. The predicted octanol–water partition coefficient (Wildman–Crippen LogP) is -3.63. The lowest BCUT2D eigenvalue weighted by Crippen LogP contribution is -2.55. The number of amides is 1. The Morgan fingerprint density at radius 1 is 1.31 bits per heavy atom. The fourth-order valence-electron chi connectivity index (χ4n) is 2.83. The Morgan fingerprint density at radius 3 is 2.48 bits per heavy atom. The van der Waals surface area contributed by atoms with Crippen molar-refractivity contribution < 1.29 is 44.3 Å². The van der Waals surface area contributed by atoms with Crippen molar-refractivity contribution in [3.05, 3.63) is 22.4 Å². The van der Waals surface area contributed by atoms with Gasteiger partial charge in [-0.25, -0.2) is 9.59 Å². The normalized spacial score (nSPS) is 25.9. The molecule has 1 aliphatic rings. The van der Waals surface area contributed by atoms with E-state index in [9.17, 15) is 34.2 Å². The van der Waals surface area contributed by atoms with E-state index in [1.165, 1.54) is 0 Å². The number of hydrogen-bond acceptors (Lipinski definition) is 9. The minimum atomic E-state index is -1.72. The van der Waals surface area contributed by atoms with Crippen molar-refractivity contribution in [2.45, 2.75) is 49.5 Å². The zero-order chi connectivity index (χ0) is 21.9. The first kappa shape index (κ1) is 22.2. The molecule has 0 radical (unpaired) electrons. The zero-order valence-electron chi connectivity index (χ0n) is 14.8. The number of H-pyrrole nitrogens is 1. The van der Waals surface area contributed by atoms with E-state index in [1.54, 1.807) is 0 Å². The van der Waals surface area contributed by atoms with E-state index in [0.717, 1.165) is 10.8 Å². The third-order valence-corrected chi connectivity index (χ3v) is 4.36. The summed E-state index contributed by atoms with van der Waals surface area (Å²) in [6, 6.07) is -3.21. The van der Waals surface area contributed by atoms with E-state index in [1.807, 2.05) is 5.32 Å². The highest BCUT2D eigenvalue weighted by Crippen LogP contribution is 2.30. The Kier molecular flexibility index (Phi) is 6.86. The number of nitrogens with one attached hydrogen (secondary N) is 2. The Morgan fingerprint density at radius 2 is 1.97 bits per heavy atom. The summed E-state index contributed by atoms with van der Waals surface area (Å²) in [5, 5.41) is 40.1. The van der Waals surface area contributed by atoms with Crippen molar-refractivity contribution in [1.82, 2.24) is 14.9 Å². The smallest absolute Gasteiger partial charge is 0.328 e. The van der Waals surface area contributed by atoms with Crippen molar-refractivity contribution in [1.29, 1.82) is 0 Å². The van der Waals surface area contributed by atoms with E-state index >= 15 is 0 Å². The molecule has 0 spiro atoms. The third kappa shape index (κ3) is 4.86. The maximum Gasteiger partial charge on any atom is 0.328 e. The second kappa shape index (κ2) is 8.95. The number of ether oxygens (including phenoxy) is 1. The molecule has 0 saturated carbocycles. The highest BCUT2D eigenvalue weighted by atomic mass is 16.6. The molecule has 2 heterocycles. The minimum absolute atomic E-state index is 0.117. The number of aldehydes is 1. The van der Waals surface area contributed by atoms with Crippen LogP contribution in [0.15, 0.2) is 11.0 Å². The maximum atomic E-state index is 12.3. The number of carboxylic acid groups (broad SMARTS) is 2. The number of nitrogens with two attached hydrogens (primary N) is 1. The molecule has 1 saturated heterocycles. The van der Waals surface area contributed by atoms with E-state index in [0.29, 0.717) is 6.29 Å². The van der Waals surface area contributed by atoms with Crippen LogP contribution in [0.1, 0.15) is 29.6 Å². The van der Waals surface area contributed by atoms with Crippen LogP contribution in [0.4, 0.5) is 0 Å². The first-order chi connectivity index (χ1) is 13.6. The molecule has 14 heteroatoms. The largest absolute Gasteiger partial charge is 0.481 e. The summed E-state index contributed by atoms with van der Waals surface area (Å²) >= 11 is 0. The number of imidazole rings is 1. The van der Waals surface area contributed by atoms with Gasteiger partial charge in [-0.1, -0.05) is 0 Å². The van der Waals surface area contributed by atoms with Crippen molar-refractivity contribution in [2.24, 2.45) is 5.73 Å². The number of aliphatic carboxylic acids is 2. The van der Waals surface area contributed by atoms with Gasteiger partial charge < -0.3 is 41.2 Å². The fraction of sp³-hybridized carbons (Fsp3) is 0.533. The van der Waals surface area contributed by atoms with Crippen molar-refractivity contribution in [2.75, 3.05) is 0 Å². The quantitative estimate of drug-likeness (QED) is 0.194. The highest BCUT2D eigenvalue weighted by molar-refractivity contribution is 5.87. The van der Waals surface area contributed by atoms with Gasteiger partial charge in [-0.15, -0.1) is 0 Å². The molecule has 160 valence electrons. The molecule has 1 aromatic rings. The van der Waals surface area contributed by atoms with E-state index in [2.05, 4.69) is 4.98 Å². The summed E-state index contributed by atoms with van der Waals surface area (Å²) in [4.78, 5) is 58.8. The average molecular weight is 416 g/mol. The molecule has 14 nitrogen and oxygen atoms in total. The molecule has 1 fully saturated rings. The van der Waals surface area contributed by atoms with Gasteiger partial charge in [-0.3, -0.25) is 19.0 Å². The molecule has 0 aromatic carbocycles. The molecular formula is C15H20N4O10. The Labute approximate surface area is 161 Å². The number of carbonyl (C=O) groups is 4. The van der Waals surface area contributed by atoms with Gasteiger partial charge in [0.05, 0.1) is 5.69 Å². The van der Waals surface area contributed by atoms with Gasteiger partial charge >= 0.3 is 17.6 Å². The average Bonchev–Trinajstić information content (AvgIpc) is 3.17. The zero-order valence-corrected chi connectivity index (χ0v) is 14.8. The molecule has 1 aromatic heterocycles. The lowest BCUT2D eigenvalue weighted by molar-refractivity contribution is -0.144. The summed E-state index contributed by atoms with van der Waals surface area (Å²) in [6.07, 6.45) is -5.94. The lowest BCUT2D eigenvalue weighted by Gasteiger charge is -2.23. The van der Waals surface area contributed by atoms with E-state index in [4.69, 9.17) is 20.7 Å². The van der Waals surface area contributed by atoms with Crippen molar-refractivity contribution >= 4 is 24.1 Å². The molecule has 0 bridgehead atoms. The van der Waals surface area contributed by atoms with Crippen LogP contribution in [-0.2, 0) is 19.1 Å². The fourth-order valence-corrected chi connectivity index (χ4v) is 2.83. The van der Waals surface area contributed by atoms with Crippen LogP contribution in [0, 0.1) is 0 Å². The molecule has 8 N–H and O–H groups in total. The molecule has 1 aliphatic heterocycles. The summed E-state index contributed by atoms with van der Waals surface area (Å²) in [6.45, 7) is 0. The second-order valence-electron chi connectivity index (χ2n) is 6.37. The Balaban J connectivity index is 2.12. The molecule has 6 atom stereocenters. The number of rotatable bonds is 9. The summed E-state index contributed by atoms with van der Waals surface area (Å²) in [5.41, 5.74) is 4.79. The number of carbonyl (C=O) groups excluding carboxylic acids is 2. The highest BCUT2D eigenvalue weighted by Gasteiger charge is 2.48. The molecule has 1 amide bonds. The summed E-state index contributed by atoms with van der Waals surface area (Å²) in [5.74, 6) is -3.82. The number of aromatic nitrogens is 2. The number of nitrogens with zero attached hydrogens (tertiary/aromatic N) is 1. The van der Waals surface area contributed by atoms with Crippen LogP contribution in [-0.4, -0.2) is 84.5 Å². The molecular weight excluding hydrogens is 396 g/mol. The first-order valence-corrected chi connectivity index (χ1v) is 8.35. The van der Waals surface area contributed by atoms with Gasteiger partial charge in [0.1, 0.15) is 30.4 Å². The molecule has 1 unspecified atom stereocenters. The van der Waals surface area contributed by atoms with Gasteiger partial charge in [0.15, 0.2) is 12.5 Å². The van der Waals surface area contributed by atoms with Crippen LogP contribution in [0.5, 0.6) is 0 Å². The minimum Gasteiger partial charge on any atom is -0.481 e. The van der Waals surface area contributed by atoms with Gasteiger partial charge in [-0.05, 0) is 6.42 Å². The monoisotopic (exact) mass is 416 g/mol. The van der Waals surface area contributed by atoms with Crippen LogP contribution in [0.2, 0.25) is 0 Å². The lowest BCUT2D eigenvalue weighted by atomic mass is 10.0. The third-order valence-electron chi connectivity index (χ3n) is 4.36. The predicted molar refractivity (Wildman–Crippen MR) is 90.8 cm³/mol. The molecule has 2 rings (SSSR count). The molecule has 0 aliphatic carbocycles. The second-order valence-corrected chi connectivity index (χ2v) is 6.37. The standard InChI is InChI=1S/C15H20N4O10/c16-8(12(25)18-6(14(26)27)1-2-7(21)22)11-9(23)10(24)13(29-11)19-3-5(4-20)17-15(19)28/h3-4,6,8-11,13,23-24H,1-2,16H2,(H,17,28)(H,18,25)(H,21,22)(H,26,27)/t6-,8+,9+,10?,11+,13+/m0/s1. The number of aromatic amines is 1. The Bertz CT molecular complexity index is 848. The number of aliphatic hydroxyl groups excluding tert-OH is 2. The van der Waals surface area contributed by atoms with Crippen LogP contribution < -0.4 is 16.7 Å². The van der Waals surface area contributed by atoms with Crippen LogP contribution in [0.3, 0.4) is 0 Å². The van der Waals surface area contributed by atoms with E-state index in [-0.39, 0.29) is 5.69 Å². The SMILES string of the molecule is N[C@@H](C(=O)N[C@@H](CCC(=O)O)C(=O)O)[C@H]1O[C@@H](n2cc(C=O)[nH]c2=O)C(O)[C@H]1O. The number of hydrogen-bond donors (Lipinski definition) is 7. The van der Waals surface area contributed by atoms with E-state index < -0.39 is 73.0 Å². The summed E-state index contributed by atoms with van der Waals surface area (Å²) in [7, 11) is 0. The van der Waals surface area contributed by atoms with Gasteiger partial charge in [0, 0.05) is 12.6 Å². The van der Waals surface area contributed by atoms with Crippen molar-refractivity contribution in [3.63, 3.8) is 0 Å². The topological polar surface area (TPSA) is 234 Å². The Hall–Kier alpha value is -3.07. The number of carboxylic acids is 2. The van der Waals surface area contributed by atoms with Gasteiger partial charge in [0.25, 0.3) is 0 Å². The number of aliphatic hydroxyl groups is 2. The van der Waals surface area contributed by atoms with Crippen LogP contribution in [0.25, 0.3) is 0 Å². The van der Waals surface area contributed by atoms with Crippen LogP contribution >= 0.6 is 0 Å². The van der Waals surface area contributed by atoms with Gasteiger partial charge in [-0.2, -0.15) is 0 Å². The maximum absolute atomic E-state index is 12.3. The van der Waals surface area contributed by atoms with Gasteiger partial charge in [0.2, 0.25) is 5.91 Å². The summed E-state index contributed by atoms with van der Waals surface area (Å²) < 4.78 is 6.13. The first-order valence-electron chi connectivity index (χ1n) is 8.35.